The van der Waals surface area contributed by atoms with Crippen LogP contribution in [-0.4, -0.2) is 43.7 Å². The number of aliphatic hydroxyl groups excluding tert-OH is 1. The van der Waals surface area contributed by atoms with E-state index in [4.69, 9.17) is 9.47 Å². The highest BCUT2D eigenvalue weighted by Crippen LogP contribution is 2.14. The van der Waals surface area contributed by atoms with E-state index in [0.717, 1.165) is 5.56 Å². The number of benzene rings is 1. The Labute approximate surface area is 119 Å². The molecule has 0 amide bonds. The van der Waals surface area contributed by atoms with E-state index < -0.39 is 6.10 Å². The third-order valence-electron chi connectivity index (χ3n) is 2.64. The summed E-state index contributed by atoms with van der Waals surface area (Å²) in [4.78, 5) is 0. The summed E-state index contributed by atoms with van der Waals surface area (Å²) in [6.07, 6.45) is -0.510. The molecular formula is C15H24FNO3. The first-order valence-electron chi connectivity index (χ1n) is 6.86. The highest BCUT2D eigenvalue weighted by Gasteiger charge is 2.07. The summed E-state index contributed by atoms with van der Waals surface area (Å²) in [5.41, 5.74) is 1.25. The van der Waals surface area contributed by atoms with Gasteiger partial charge in [-0.05, 0) is 38.5 Å². The smallest absolute Gasteiger partial charge is 0.146 e. The molecule has 0 aliphatic carbocycles. The lowest BCUT2D eigenvalue weighted by Gasteiger charge is -2.14. The lowest BCUT2D eigenvalue weighted by molar-refractivity contribution is -0.00735. The fourth-order valence-corrected chi connectivity index (χ4v) is 1.61. The van der Waals surface area contributed by atoms with Gasteiger partial charge in [-0.15, -0.1) is 0 Å². The van der Waals surface area contributed by atoms with Crippen LogP contribution in [0.1, 0.15) is 19.4 Å². The quantitative estimate of drug-likeness (QED) is 0.684. The molecule has 0 spiro atoms. The van der Waals surface area contributed by atoms with Crippen LogP contribution < -0.4 is 5.32 Å². The van der Waals surface area contributed by atoms with E-state index >= 15 is 0 Å². The zero-order valence-electron chi connectivity index (χ0n) is 12.4. The number of aryl methyl sites for hydroxylation is 1. The number of rotatable bonds is 9. The average molecular weight is 285 g/mol. The minimum Gasteiger partial charge on any atom is -0.389 e. The van der Waals surface area contributed by atoms with E-state index in [1.807, 2.05) is 26.8 Å². The summed E-state index contributed by atoms with van der Waals surface area (Å²) in [6.45, 7) is 7.12. The zero-order valence-corrected chi connectivity index (χ0v) is 12.4. The van der Waals surface area contributed by atoms with Gasteiger partial charge in [-0.1, -0.05) is 6.07 Å². The Balaban J connectivity index is 2.18. The molecule has 1 unspecified atom stereocenters. The summed E-state index contributed by atoms with van der Waals surface area (Å²) in [5.74, 6) is -0.316. The van der Waals surface area contributed by atoms with E-state index in [1.54, 1.807) is 6.07 Å². The molecule has 0 aromatic heterocycles. The summed E-state index contributed by atoms with van der Waals surface area (Å²) in [5, 5.41) is 12.6. The van der Waals surface area contributed by atoms with Crippen molar-refractivity contribution in [2.24, 2.45) is 0 Å². The molecule has 0 heterocycles. The van der Waals surface area contributed by atoms with Gasteiger partial charge in [0.2, 0.25) is 0 Å². The van der Waals surface area contributed by atoms with Gasteiger partial charge in [0.05, 0.1) is 37.7 Å². The first kappa shape index (κ1) is 16.9. The van der Waals surface area contributed by atoms with Gasteiger partial charge >= 0.3 is 0 Å². The molecule has 114 valence electrons. The third kappa shape index (κ3) is 6.84. The molecule has 20 heavy (non-hydrogen) atoms. The van der Waals surface area contributed by atoms with Crippen LogP contribution in [0.4, 0.5) is 10.1 Å². The molecule has 1 atom stereocenters. The number of hydrogen-bond donors (Lipinski definition) is 2. The van der Waals surface area contributed by atoms with Crippen molar-refractivity contribution in [2.45, 2.75) is 33.0 Å². The topological polar surface area (TPSA) is 50.7 Å². The second-order valence-corrected chi connectivity index (χ2v) is 5.01. The van der Waals surface area contributed by atoms with Crippen LogP contribution in [0.2, 0.25) is 0 Å². The largest absolute Gasteiger partial charge is 0.389 e. The second kappa shape index (κ2) is 8.89. The van der Waals surface area contributed by atoms with Gasteiger partial charge < -0.3 is 19.9 Å². The van der Waals surface area contributed by atoms with Crippen molar-refractivity contribution in [2.75, 3.05) is 31.7 Å². The van der Waals surface area contributed by atoms with Crippen LogP contribution in [-0.2, 0) is 9.47 Å². The van der Waals surface area contributed by atoms with Gasteiger partial charge in [0.25, 0.3) is 0 Å². The molecule has 5 heteroatoms. The Morgan fingerprint density at radius 3 is 2.70 bits per heavy atom. The lowest BCUT2D eigenvalue weighted by Crippen LogP contribution is -2.26. The highest BCUT2D eigenvalue weighted by molar-refractivity contribution is 5.46. The molecule has 1 aromatic carbocycles. The van der Waals surface area contributed by atoms with Crippen LogP contribution in [0.3, 0.4) is 0 Å². The Hall–Kier alpha value is -1.17. The molecule has 1 aromatic rings. The van der Waals surface area contributed by atoms with Crippen molar-refractivity contribution in [1.82, 2.24) is 0 Å². The molecule has 0 saturated heterocycles. The first-order valence-corrected chi connectivity index (χ1v) is 6.86. The minimum atomic E-state index is -0.685. The van der Waals surface area contributed by atoms with Gasteiger partial charge in [-0.3, -0.25) is 0 Å². The van der Waals surface area contributed by atoms with Crippen molar-refractivity contribution in [3.8, 4) is 0 Å². The molecule has 0 aliphatic heterocycles. The van der Waals surface area contributed by atoms with Crippen LogP contribution in [0.5, 0.6) is 0 Å². The first-order chi connectivity index (χ1) is 9.49. The predicted octanol–water partition coefficient (Wildman–Crippen LogP) is 2.35. The van der Waals surface area contributed by atoms with Gasteiger partial charge in [-0.2, -0.15) is 0 Å². The third-order valence-corrected chi connectivity index (χ3v) is 2.64. The Morgan fingerprint density at radius 2 is 2.05 bits per heavy atom. The zero-order chi connectivity index (χ0) is 15.0. The van der Waals surface area contributed by atoms with Crippen molar-refractivity contribution in [3.63, 3.8) is 0 Å². The van der Waals surface area contributed by atoms with Gasteiger partial charge in [0.15, 0.2) is 0 Å². The van der Waals surface area contributed by atoms with E-state index in [9.17, 15) is 9.50 Å². The normalized spacial score (nSPS) is 12.7. The molecule has 0 saturated carbocycles. The molecule has 0 radical (unpaired) electrons. The Kier molecular flexibility index (Phi) is 7.51. The molecule has 2 N–H and O–H groups in total. The van der Waals surface area contributed by atoms with Crippen molar-refractivity contribution in [1.29, 1.82) is 0 Å². The fraction of sp³-hybridized carbons (Fsp3) is 0.600. The maximum absolute atomic E-state index is 13.5. The van der Waals surface area contributed by atoms with Gasteiger partial charge in [0.1, 0.15) is 5.82 Å². The number of aliphatic hydroxyl groups is 1. The van der Waals surface area contributed by atoms with Crippen LogP contribution in [0.25, 0.3) is 0 Å². The number of halogens is 1. The van der Waals surface area contributed by atoms with Gasteiger partial charge in [0, 0.05) is 6.54 Å². The molecule has 4 nitrogen and oxygen atoms in total. The summed E-state index contributed by atoms with van der Waals surface area (Å²) in [7, 11) is 0. The average Bonchev–Trinajstić information content (AvgIpc) is 2.37. The van der Waals surface area contributed by atoms with E-state index in [1.165, 1.54) is 6.07 Å². The van der Waals surface area contributed by atoms with E-state index in [2.05, 4.69) is 5.32 Å². The fourth-order valence-electron chi connectivity index (χ4n) is 1.61. The van der Waals surface area contributed by atoms with Crippen molar-refractivity contribution >= 4 is 5.69 Å². The molecular weight excluding hydrogens is 261 g/mol. The van der Waals surface area contributed by atoms with Crippen molar-refractivity contribution < 1.29 is 19.0 Å². The standard InChI is InChI=1S/C15H24FNO3/c1-11(2)20-7-6-19-10-13(18)9-17-15-5-4-12(3)8-14(15)16/h4-5,8,11,13,17-18H,6-7,9-10H2,1-3H3. The molecule has 0 aliphatic rings. The van der Waals surface area contributed by atoms with E-state index in [-0.39, 0.29) is 25.1 Å². The van der Waals surface area contributed by atoms with Crippen LogP contribution in [0.15, 0.2) is 18.2 Å². The van der Waals surface area contributed by atoms with Gasteiger partial charge in [-0.25, -0.2) is 4.39 Å². The molecule has 1 rings (SSSR count). The maximum Gasteiger partial charge on any atom is 0.146 e. The second-order valence-electron chi connectivity index (χ2n) is 5.01. The SMILES string of the molecule is Cc1ccc(NCC(O)COCCOC(C)C)c(F)c1. The monoisotopic (exact) mass is 285 g/mol. The lowest BCUT2D eigenvalue weighted by atomic mass is 10.2. The molecule has 0 fully saturated rings. The Bertz CT molecular complexity index is 399. The maximum atomic E-state index is 13.5. The van der Waals surface area contributed by atoms with Crippen LogP contribution >= 0.6 is 0 Å². The van der Waals surface area contributed by atoms with Crippen molar-refractivity contribution in [3.05, 3.63) is 29.6 Å². The number of anilines is 1. The Morgan fingerprint density at radius 1 is 1.30 bits per heavy atom. The predicted molar refractivity (Wildman–Crippen MR) is 77.5 cm³/mol. The van der Waals surface area contributed by atoms with Crippen LogP contribution in [0, 0.1) is 12.7 Å². The summed E-state index contributed by atoms with van der Waals surface area (Å²) < 4.78 is 24.1. The number of nitrogens with one attached hydrogen (secondary N) is 1. The summed E-state index contributed by atoms with van der Waals surface area (Å²) in [6, 6.07) is 4.93. The summed E-state index contributed by atoms with van der Waals surface area (Å²) >= 11 is 0. The minimum absolute atomic E-state index is 0.176. The number of ether oxygens (including phenoxy) is 2. The molecule has 0 bridgehead atoms. The highest BCUT2D eigenvalue weighted by atomic mass is 19.1. The number of hydrogen-bond acceptors (Lipinski definition) is 4. The van der Waals surface area contributed by atoms with E-state index in [0.29, 0.717) is 18.9 Å².